The second-order valence-corrected chi connectivity index (χ2v) is 6.77. The maximum atomic E-state index is 12.6. The predicted octanol–water partition coefficient (Wildman–Crippen LogP) is 0.760. The summed E-state index contributed by atoms with van der Waals surface area (Å²) in [5.74, 6) is 0.298. The first kappa shape index (κ1) is 15.1. The van der Waals surface area contributed by atoms with Gasteiger partial charge in [0.25, 0.3) is 5.91 Å². The fourth-order valence-electron chi connectivity index (χ4n) is 4.18. The van der Waals surface area contributed by atoms with Crippen molar-refractivity contribution >= 4 is 11.8 Å². The molecule has 2 atom stereocenters. The molecule has 0 spiro atoms. The molecule has 2 unspecified atom stereocenters. The summed E-state index contributed by atoms with van der Waals surface area (Å²) in [4.78, 5) is 23.8. The molecule has 1 aromatic heterocycles. The molecule has 2 amide bonds. The number of aryl methyl sites for hydroxylation is 1. The van der Waals surface area contributed by atoms with Crippen LogP contribution < -0.4 is 16.8 Å². The highest BCUT2D eigenvalue weighted by atomic mass is 16.2. The molecule has 2 bridgehead atoms. The Balaban J connectivity index is 1.75. The van der Waals surface area contributed by atoms with Crippen LogP contribution in [0.5, 0.6) is 0 Å². The average molecular weight is 304 g/mol. The van der Waals surface area contributed by atoms with Gasteiger partial charge in [-0.15, -0.1) is 0 Å². The number of nitrogens with zero attached hydrogens (tertiary/aromatic N) is 1. The molecule has 3 rings (SSSR count). The minimum absolute atomic E-state index is 0.132. The fourth-order valence-corrected chi connectivity index (χ4v) is 4.18. The zero-order chi connectivity index (χ0) is 15.9. The summed E-state index contributed by atoms with van der Waals surface area (Å²) < 4.78 is 1.65. The predicted molar refractivity (Wildman–Crippen MR) is 83.2 cm³/mol. The van der Waals surface area contributed by atoms with Gasteiger partial charge < -0.3 is 21.4 Å². The van der Waals surface area contributed by atoms with Gasteiger partial charge in [0.15, 0.2) is 0 Å². The average Bonchev–Trinajstić information content (AvgIpc) is 2.82. The molecule has 0 aliphatic heterocycles. The van der Waals surface area contributed by atoms with Crippen LogP contribution in [0.3, 0.4) is 0 Å². The Morgan fingerprint density at radius 3 is 2.45 bits per heavy atom. The Morgan fingerprint density at radius 2 is 1.91 bits per heavy atom. The molecule has 2 aliphatic rings. The number of amides is 2. The van der Waals surface area contributed by atoms with Crippen LogP contribution in [-0.2, 0) is 7.05 Å². The molecule has 0 saturated heterocycles. The van der Waals surface area contributed by atoms with E-state index in [1.54, 1.807) is 23.9 Å². The normalized spacial score (nSPS) is 30.8. The molecule has 6 nitrogen and oxygen atoms in total. The fraction of sp³-hybridized carbons (Fsp3) is 0.625. The van der Waals surface area contributed by atoms with E-state index >= 15 is 0 Å². The van der Waals surface area contributed by atoms with Gasteiger partial charge in [-0.25, -0.2) is 0 Å². The molecule has 22 heavy (non-hydrogen) atoms. The first-order valence-corrected chi connectivity index (χ1v) is 7.98. The van der Waals surface area contributed by atoms with Crippen molar-refractivity contribution in [3.8, 4) is 0 Å². The van der Waals surface area contributed by atoms with Crippen molar-refractivity contribution in [2.75, 3.05) is 0 Å². The minimum Gasteiger partial charge on any atom is -0.366 e. The zero-order valence-electron chi connectivity index (χ0n) is 12.9. The van der Waals surface area contributed by atoms with Gasteiger partial charge in [0.2, 0.25) is 5.91 Å². The number of fused-ring (bicyclic) bond motifs is 2. The maximum Gasteiger partial charge on any atom is 0.268 e. The van der Waals surface area contributed by atoms with E-state index in [4.69, 9.17) is 11.5 Å². The number of primary amides is 1. The van der Waals surface area contributed by atoms with Crippen LogP contribution >= 0.6 is 0 Å². The van der Waals surface area contributed by atoms with E-state index in [1.165, 1.54) is 6.42 Å². The third kappa shape index (κ3) is 2.75. The lowest BCUT2D eigenvalue weighted by Gasteiger charge is -2.45. The van der Waals surface area contributed by atoms with Crippen molar-refractivity contribution in [1.82, 2.24) is 9.88 Å². The van der Waals surface area contributed by atoms with Crippen LogP contribution in [0.15, 0.2) is 12.3 Å². The molecule has 0 radical (unpaired) electrons. The van der Waals surface area contributed by atoms with Crippen LogP contribution in [0.2, 0.25) is 0 Å². The lowest BCUT2D eigenvalue weighted by atomic mass is 9.67. The van der Waals surface area contributed by atoms with E-state index in [1.807, 2.05) is 0 Å². The van der Waals surface area contributed by atoms with Gasteiger partial charge in [0, 0.05) is 25.3 Å². The maximum absolute atomic E-state index is 12.6. The molecule has 2 aliphatic carbocycles. The summed E-state index contributed by atoms with van der Waals surface area (Å²) in [6.07, 6.45) is 7.06. The summed E-state index contributed by atoms with van der Waals surface area (Å²) in [6, 6.07) is 2.02. The molecule has 0 aromatic carbocycles. The molecular formula is C16H24N4O2. The Hall–Kier alpha value is -1.82. The Morgan fingerprint density at radius 1 is 1.27 bits per heavy atom. The SMILES string of the molecule is Cn1cc(C(N)=O)cc1C(=O)NC1C2CCCC1CC(N)C2. The first-order chi connectivity index (χ1) is 10.5. The molecule has 1 aromatic rings. The van der Waals surface area contributed by atoms with Gasteiger partial charge in [-0.1, -0.05) is 6.42 Å². The van der Waals surface area contributed by atoms with Gasteiger partial charge >= 0.3 is 0 Å². The van der Waals surface area contributed by atoms with Gasteiger partial charge in [-0.2, -0.15) is 0 Å². The third-order valence-electron chi connectivity index (χ3n) is 5.20. The first-order valence-electron chi connectivity index (χ1n) is 7.98. The van der Waals surface area contributed by atoms with Crippen molar-refractivity contribution in [2.24, 2.45) is 30.4 Å². The molecule has 2 fully saturated rings. The topological polar surface area (TPSA) is 103 Å². The number of hydrogen-bond acceptors (Lipinski definition) is 3. The third-order valence-corrected chi connectivity index (χ3v) is 5.20. The number of aromatic nitrogens is 1. The van der Waals surface area contributed by atoms with E-state index in [-0.39, 0.29) is 18.0 Å². The lowest BCUT2D eigenvalue weighted by Crippen LogP contribution is -2.53. The standard InChI is InChI=1S/C16H24N4O2/c1-20-8-11(15(18)21)7-13(20)16(22)19-14-9-3-2-4-10(14)6-12(17)5-9/h7-10,12,14H,2-6,17H2,1H3,(H2,18,21)(H,19,22). The molecule has 5 N–H and O–H groups in total. The van der Waals surface area contributed by atoms with Gasteiger partial charge in [0.1, 0.15) is 5.69 Å². The van der Waals surface area contributed by atoms with Crippen molar-refractivity contribution in [3.05, 3.63) is 23.5 Å². The Labute approximate surface area is 130 Å². The zero-order valence-corrected chi connectivity index (χ0v) is 12.9. The summed E-state index contributed by atoms with van der Waals surface area (Å²) in [5.41, 5.74) is 12.2. The van der Waals surface area contributed by atoms with E-state index < -0.39 is 5.91 Å². The second-order valence-electron chi connectivity index (χ2n) is 6.77. The number of nitrogens with one attached hydrogen (secondary N) is 1. The number of hydrogen-bond donors (Lipinski definition) is 3. The molecular weight excluding hydrogens is 280 g/mol. The van der Waals surface area contributed by atoms with Crippen molar-refractivity contribution in [3.63, 3.8) is 0 Å². The summed E-state index contributed by atoms with van der Waals surface area (Å²) in [7, 11) is 1.75. The molecule has 120 valence electrons. The highest BCUT2D eigenvalue weighted by Crippen LogP contribution is 2.39. The van der Waals surface area contributed by atoms with E-state index in [9.17, 15) is 9.59 Å². The number of carbonyl (C=O) groups is 2. The molecule has 1 heterocycles. The highest BCUT2D eigenvalue weighted by Gasteiger charge is 2.40. The van der Waals surface area contributed by atoms with E-state index in [0.29, 0.717) is 23.1 Å². The van der Waals surface area contributed by atoms with Crippen molar-refractivity contribution in [2.45, 2.75) is 44.2 Å². The summed E-state index contributed by atoms with van der Waals surface area (Å²) >= 11 is 0. The van der Waals surface area contributed by atoms with Crippen LogP contribution in [0, 0.1) is 11.8 Å². The molecule has 6 heteroatoms. The van der Waals surface area contributed by atoms with Crippen LogP contribution in [-0.4, -0.2) is 28.5 Å². The molecule has 2 saturated carbocycles. The number of carbonyl (C=O) groups excluding carboxylic acids is 2. The van der Waals surface area contributed by atoms with E-state index in [0.717, 1.165) is 25.7 Å². The van der Waals surface area contributed by atoms with Crippen molar-refractivity contribution < 1.29 is 9.59 Å². The smallest absolute Gasteiger partial charge is 0.268 e. The largest absolute Gasteiger partial charge is 0.366 e. The Bertz CT molecular complexity index is 581. The monoisotopic (exact) mass is 304 g/mol. The van der Waals surface area contributed by atoms with Crippen molar-refractivity contribution in [1.29, 1.82) is 0 Å². The minimum atomic E-state index is -0.518. The summed E-state index contributed by atoms with van der Waals surface area (Å²) in [5, 5.41) is 3.18. The second kappa shape index (κ2) is 5.76. The quantitative estimate of drug-likeness (QED) is 0.768. The highest BCUT2D eigenvalue weighted by molar-refractivity contribution is 5.98. The van der Waals surface area contributed by atoms with Gasteiger partial charge in [-0.05, 0) is 43.6 Å². The summed E-state index contributed by atoms with van der Waals surface area (Å²) in [6.45, 7) is 0. The Kier molecular flexibility index (Phi) is 3.95. The van der Waals surface area contributed by atoms with Crippen LogP contribution in [0.25, 0.3) is 0 Å². The number of rotatable bonds is 3. The van der Waals surface area contributed by atoms with E-state index in [2.05, 4.69) is 5.32 Å². The van der Waals surface area contributed by atoms with Crippen LogP contribution in [0.4, 0.5) is 0 Å². The van der Waals surface area contributed by atoms with Gasteiger partial charge in [-0.3, -0.25) is 9.59 Å². The lowest BCUT2D eigenvalue weighted by molar-refractivity contribution is 0.0749. The van der Waals surface area contributed by atoms with Gasteiger partial charge in [0.05, 0.1) is 5.56 Å². The number of nitrogens with two attached hydrogens (primary N) is 2. The van der Waals surface area contributed by atoms with Crippen LogP contribution in [0.1, 0.15) is 53.0 Å².